The molecule has 0 atom stereocenters. The first kappa shape index (κ1) is 20.4. The Balaban J connectivity index is 0.000000330. The average Bonchev–Trinajstić information content (AvgIpc) is 2.59. The fourth-order valence-corrected chi connectivity index (χ4v) is 2.65. The molecule has 1 N–H and O–H groups in total. The molecule has 168 valence electrons. The molecule has 0 aromatic carbocycles. The van der Waals surface area contributed by atoms with E-state index in [0.29, 0.717) is 25.9 Å². The SMILES string of the molecule is CC(C)(C)OC(=O)N1CCC(=O)CC1.[2H]C([2H])([2H])C1(O)CCN(C(=O)OC(C)(C)C)CC1. The van der Waals surface area contributed by atoms with Gasteiger partial charge >= 0.3 is 12.2 Å². The molecule has 0 aromatic rings. The zero-order valence-corrected chi connectivity index (χ0v) is 18.5. The summed E-state index contributed by atoms with van der Waals surface area (Å²) in [4.78, 5) is 37.2. The summed E-state index contributed by atoms with van der Waals surface area (Å²) in [5.74, 6) is 0.227. The van der Waals surface area contributed by atoms with Gasteiger partial charge in [-0.25, -0.2) is 9.59 Å². The maximum Gasteiger partial charge on any atom is 0.410 e. The molecule has 2 aliphatic rings. The van der Waals surface area contributed by atoms with Gasteiger partial charge in [-0.05, 0) is 61.2 Å². The molecule has 2 aliphatic heterocycles. The van der Waals surface area contributed by atoms with Crippen molar-refractivity contribution in [2.24, 2.45) is 0 Å². The zero-order chi connectivity index (χ0) is 25.0. The van der Waals surface area contributed by atoms with Crippen molar-refractivity contribution in [3.63, 3.8) is 0 Å². The van der Waals surface area contributed by atoms with Crippen LogP contribution in [0.4, 0.5) is 9.59 Å². The highest BCUT2D eigenvalue weighted by Crippen LogP contribution is 2.22. The van der Waals surface area contributed by atoms with Gasteiger partial charge in [0.25, 0.3) is 0 Å². The Hall–Kier alpha value is -1.83. The van der Waals surface area contributed by atoms with Crippen molar-refractivity contribution in [3.8, 4) is 0 Å². The van der Waals surface area contributed by atoms with Crippen LogP contribution in [0.2, 0.25) is 0 Å². The molecule has 0 radical (unpaired) electrons. The second kappa shape index (κ2) is 9.78. The topological polar surface area (TPSA) is 96.4 Å². The molecule has 2 saturated heterocycles. The first-order valence-electron chi connectivity index (χ1n) is 11.5. The predicted octanol–water partition coefficient (Wildman–Crippen LogP) is 3.35. The fourth-order valence-electron chi connectivity index (χ4n) is 2.65. The highest BCUT2D eigenvalue weighted by molar-refractivity contribution is 5.81. The second-order valence-electron chi connectivity index (χ2n) is 9.51. The molecular formula is C21H38N2O6. The number of Topliss-reactive ketones (excluding diaryl/α,β-unsaturated/α-hetero) is 1. The van der Waals surface area contributed by atoms with Crippen molar-refractivity contribution in [1.82, 2.24) is 9.80 Å². The number of rotatable bonds is 0. The lowest BCUT2D eigenvalue weighted by Gasteiger charge is -2.36. The van der Waals surface area contributed by atoms with E-state index in [1.54, 1.807) is 25.7 Å². The summed E-state index contributed by atoms with van der Waals surface area (Å²) in [5.41, 5.74) is -2.72. The third kappa shape index (κ3) is 10.5. The van der Waals surface area contributed by atoms with Crippen LogP contribution in [0.25, 0.3) is 0 Å². The minimum atomic E-state index is -2.41. The summed E-state index contributed by atoms with van der Waals surface area (Å²) in [6.07, 6.45) is 0.226. The molecule has 2 rings (SSSR count). The minimum Gasteiger partial charge on any atom is -0.444 e. The first-order valence-corrected chi connectivity index (χ1v) is 10.0. The Labute approximate surface area is 178 Å². The number of carbonyl (C=O) groups is 3. The molecule has 2 amide bonds. The predicted molar refractivity (Wildman–Crippen MR) is 110 cm³/mol. The molecule has 0 spiro atoms. The fraction of sp³-hybridized carbons (Fsp3) is 0.857. The van der Waals surface area contributed by atoms with Crippen LogP contribution < -0.4 is 0 Å². The van der Waals surface area contributed by atoms with Crippen molar-refractivity contribution in [3.05, 3.63) is 0 Å². The Morgan fingerprint density at radius 1 is 0.897 bits per heavy atom. The molecule has 2 fully saturated rings. The standard InChI is InChI=1S/C11H21NO3.C10H17NO3/c1-10(2,3)15-9(13)12-7-5-11(4,14)6-8-12;1-10(2,3)14-9(13)11-6-4-8(12)5-7-11/h14H,5-8H2,1-4H3;4-7H2,1-3H3/i4D3;. The smallest absolute Gasteiger partial charge is 0.410 e. The van der Waals surface area contributed by atoms with E-state index in [2.05, 4.69) is 0 Å². The van der Waals surface area contributed by atoms with E-state index < -0.39 is 29.7 Å². The number of carbonyl (C=O) groups excluding carboxylic acids is 3. The van der Waals surface area contributed by atoms with E-state index in [9.17, 15) is 19.5 Å². The van der Waals surface area contributed by atoms with Crippen LogP contribution in [0.15, 0.2) is 0 Å². The normalized spacial score (nSPS) is 21.8. The number of nitrogens with zero attached hydrogens (tertiary/aromatic N) is 2. The van der Waals surface area contributed by atoms with Gasteiger partial charge in [-0.1, -0.05) is 0 Å². The van der Waals surface area contributed by atoms with E-state index in [4.69, 9.17) is 13.6 Å². The van der Waals surface area contributed by atoms with E-state index in [-0.39, 0.29) is 37.8 Å². The van der Waals surface area contributed by atoms with Crippen molar-refractivity contribution in [1.29, 1.82) is 0 Å². The maximum absolute atomic E-state index is 11.8. The van der Waals surface area contributed by atoms with Gasteiger partial charge in [-0.15, -0.1) is 0 Å². The quantitative estimate of drug-likeness (QED) is 0.649. The number of ether oxygens (including phenoxy) is 2. The zero-order valence-electron chi connectivity index (χ0n) is 21.5. The van der Waals surface area contributed by atoms with Crippen LogP contribution in [0.5, 0.6) is 0 Å². The van der Waals surface area contributed by atoms with Crippen LogP contribution >= 0.6 is 0 Å². The summed E-state index contributed by atoms with van der Waals surface area (Å²) in [6.45, 7) is 9.79. The van der Waals surface area contributed by atoms with Gasteiger partial charge in [-0.2, -0.15) is 0 Å². The Bertz CT molecular complexity index is 664. The summed E-state index contributed by atoms with van der Waals surface area (Å²) in [6, 6.07) is 0. The van der Waals surface area contributed by atoms with E-state index in [1.807, 2.05) is 20.8 Å². The van der Waals surface area contributed by atoms with Crippen LogP contribution in [0, 0.1) is 0 Å². The number of ketones is 1. The Kier molecular flexibility index (Phi) is 6.90. The molecule has 0 saturated carbocycles. The molecule has 0 aromatic heterocycles. The third-order valence-electron chi connectivity index (χ3n) is 4.22. The van der Waals surface area contributed by atoms with E-state index in [1.165, 1.54) is 4.90 Å². The number of hydrogen-bond donors (Lipinski definition) is 1. The minimum absolute atomic E-state index is 0.0444. The van der Waals surface area contributed by atoms with Crippen LogP contribution in [0.3, 0.4) is 0 Å². The molecule has 0 bridgehead atoms. The molecule has 2 heterocycles. The van der Waals surface area contributed by atoms with Crippen LogP contribution in [-0.2, 0) is 14.3 Å². The van der Waals surface area contributed by atoms with Gasteiger partial charge in [0.1, 0.15) is 17.0 Å². The summed E-state index contributed by atoms with van der Waals surface area (Å²) >= 11 is 0. The molecule has 0 aliphatic carbocycles. The van der Waals surface area contributed by atoms with E-state index >= 15 is 0 Å². The van der Waals surface area contributed by atoms with Gasteiger partial charge in [0.15, 0.2) is 0 Å². The van der Waals surface area contributed by atoms with Crippen LogP contribution in [0.1, 0.15) is 78.2 Å². The molecular weight excluding hydrogens is 376 g/mol. The van der Waals surface area contributed by atoms with Crippen molar-refractivity contribution in [2.45, 2.75) is 90.9 Å². The first-order chi connectivity index (χ1) is 14.3. The lowest BCUT2D eigenvalue weighted by molar-refractivity contribution is -0.121. The average molecular weight is 418 g/mol. The van der Waals surface area contributed by atoms with Gasteiger partial charge in [0.2, 0.25) is 0 Å². The van der Waals surface area contributed by atoms with Gasteiger partial charge < -0.3 is 24.4 Å². The Morgan fingerprint density at radius 2 is 1.28 bits per heavy atom. The van der Waals surface area contributed by atoms with Gasteiger partial charge in [-0.3, -0.25) is 4.79 Å². The number of piperidine rings is 2. The third-order valence-corrected chi connectivity index (χ3v) is 4.22. The molecule has 0 unspecified atom stereocenters. The van der Waals surface area contributed by atoms with Crippen LogP contribution in [-0.4, -0.2) is 75.9 Å². The number of likely N-dealkylation sites (tertiary alicyclic amines) is 2. The summed E-state index contributed by atoms with van der Waals surface area (Å²) < 4.78 is 32.3. The monoisotopic (exact) mass is 417 g/mol. The molecule has 8 heteroatoms. The largest absolute Gasteiger partial charge is 0.444 e. The highest BCUT2D eigenvalue weighted by atomic mass is 16.6. The number of hydrogen-bond acceptors (Lipinski definition) is 6. The van der Waals surface area contributed by atoms with Gasteiger partial charge in [0.05, 0.1) is 5.60 Å². The lowest BCUT2D eigenvalue weighted by atomic mass is 9.94. The molecule has 8 nitrogen and oxygen atoms in total. The van der Waals surface area contributed by atoms with Crippen molar-refractivity contribution < 1.29 is 33.1 Å². The van der Waals surface area contributed by atoms with E-state index in [0.717, 1.165) is 0 Å². The number of amides is 2. The summed E-state index contributed by atoms with van der Waals surface area (Å²) in [7, 11) is 0. The van der Waals surface area contributed by atoms with Crippen molar-refractivity contribution in [2.75, 3.05) is 26.2 Å². The second-order valence-corrected chi connectivity index (χ2v) is 9.51. The molecule has 29 heavy (non-hydrogen) atoms. The Morgan fingerprint density at radius 3 is 1.62 bits per heavy atom. The highest BCUT2D eigenvalue weighted by Gasteiger charge is 2.31. The van der Waals surface area contributed by atoms with Gasteiger partial charge in [0, 0.05) is 43.1 Å². The summed E-state index contributed by atoms with van der Waals surface area (Å²) in [5, 5.41) is 10.00. The van der Waals surface area contributed by atoms with Crippen molar-refractivity contribution >= 4 is 18.0 Å². The maximum atomic E-state index is 11.8. The lowest BCUT2D eigenvalue weighted by Crippen LogP contribution is -2.46. The number of aliphatic hydroxyl groups is 1.